The quantitative estimate of drug-likeness (QED) is 0.921. The number of halogens is 1. The van der Waals surface area contributed by atoms with Gasteiger partial charge in [0.1, 0.15) is 5.75 Å². The Hall–Kier alpha value is -0.930. The highest BCUT2D eigenvalue weighted by molar-refractivity contribution is 6.31. The van der Waals surface area contributed by atoms with Crippen molar-refractivity contribution in [1.29, 1.82) is 0 Å². The van der Waals surface area contributed by atoms with Gasteiger partial charge >= 0.3 is 0 Å². The first-order chi connectivity index (χ1) is 9.06. The summed E-state index contributed by atoms with van der Waals surface area (Å²) in [6, 6.07) is 5.17. The van der Waals surface area contributed by atoms with E-state index < -0.39 is 0 Å². The average molecular weight is 283 g/mol. The number of rotatable bonds is 3. The molecule has 19 heavy (non-hydrogen) atoms. The van der Waals surface area contributed by atoms with Gasteiger partial charge in [-0.3, -0.25) is 0 Å². The Balaban J connectivity index is 2.29. The molecule has 1 fully saturated rings. The van der Waals surface area contributed by atoms with Crippen LogP contribution in [-0.4, -0.2) is 32.8 Å². The van der Waals surface area contributed by atoms with Crippen molar-refractivity contribution < 1.29 is 4.74 Å². The van der Waals surface area contributed by atoms with Crippen LogP contribution in [0.4, 0.5) is 5.69 Å². The molecule has 1 saturated heterocycles. The lowest BCUT2D eigenvalue weighted by molar-refractivity contribution is 0.376. The zero-order valence-electron chi connectivity index (χ0n) is 12.2. The predicted molar refractivity (Wildman–Crippen MR) is 81.6 cm³/mol. The van der Waals surface area contributed by atoms with E-state index in [-0.39, 0.29) is 0 Å². The molecule has 1 aromatic rings. The Morgan fingerprint density at radius 1 is 1.42 bits per heavy atom. The molecule has 1 aliphatic heterocycles. The van der Waals surface area contributed by atoms with E-state index in [9.17, 15) is 0 Å². The van der Waals surface area contributed by atoms with Gasteiger partial charge in [0.2, 0.25) is 0 Å². The molecule has 0 aromatic heterocycles. The van der Waals surface area contributed by atoms with E-state index in [4.69, 9.17) is 16.3 Å². The van der Waals surface area contributed by atoms with Crippen LogP contribution < -0.4 is 15.0 Å². The number of nitrogens with one attached hydrogen (secondary N) is 1. The molecule has 0 radical (unpaired) electrons. The van der Waals surface area contributed by atoms with E-state index in [1.54, 1.807) is 7.11 Å². The van der Waals surface area contributed by atoms with Gasteiger partial charge in [0.25, 0.3) is 0 Å². The second kappa shape index (κ2) is 6.02. The van der Waals surface area contributed by atoms with Gasteiger partial charge in [-0.1, -0.05) is 11.6 Å². The van der Waals surface area contributed by atoms with Crippen molar-refractivity contribution in [2.24, 2.45) is 0 Å². The first-order valence-corrected chi connectivity index (χ1v) is 7.22. The topological polar surface area (TPSA) is 24.5 Å². The van der Waals surface area contributed by atoms with Crippen molar-refractivity contribution in [1.82, 2.24) is 5.32 Å². The molecule has 1 aliphatic rings. The van der Waals surface area contributed by atoms with Crippen LogP contribution in [0.3, 0.4) is 0 Å². The maximum atomic E-state index is 6.18. The molecule has 0 bridgehead atoms. The average Bonchev–Trinajstić information content (AvgIpc) is 2.41. The maximum Gasteiger partial charge on any atom is 0.143 e. The predicted octanol–water partition coefficient (Wildman–Crippen LogP) is 3.23. The third kappa shape index (κ3) is 2.98. The van der Waals surface area contributed by atoms with Crippen LogP contribution in [0.15, 0.2) is 12.1 Å². The third-order valence-electron chi connectivity index (χ3n) is 4.05. The van der Waals surface area contributed by atoms with E-state index in [1.807, 2.05) is 20.0 Å². The second-order valence-corrected chi connectivity index (χ2v) is 5.73. The molecular weight excluding hydrogens is 260 g/mol. The standard InChI is InChI=1S/C15H23ClN2O/c1-10-7-14(15(19-4)9-13(10)16)18-6-5-12(17-3)8-11(18)2/h7,9,11-12,17H,5-6,8H2,1-4H3. The van der Waals surface area contributed by atoms with E-state index in [1.165, 1.54) is 0 Å². The number of nitrogens with zero attached hydrogens (tertiary/aromatic N) is 1. The Morgan fingerprint density at radius 3 is 2.74 bits per heavy atom. The van der Waals surface area contributed by atoms with Crippen LogP contribution in [0.5, 0.6) is 5.75 Å². The monoisotopic (exact) mass is 282 g/mol. The smallest absolute Gasteiger partial charge is 0.143 e. The molecule has 2 atom stereocenters. The van der Waals surface area contributed by atoms with Crippen molar-refractivity contribution >= 4 is 17.3 Å². The minimum absolute atomic E-state index is 0.501. The lowest BCUT2D eigenvalue weighted by Gasteiger charge is -2.40. The van der Waals surface area contributed by atoms with Gasteiger partial charge in [0.15, 0.2) is 0 Å². The largest absolute Gasteiger partial charge is 0.495 e. The molecule has 106 valence electrons. The van der Waals surface area contributed by atoms with Gasteiger partial charge in [-0.05, 0) is 45.4 Å². The first kappa shape index (κ1) is 14.5. The van der Waals surface area contributed by atoms with Gasteiger partial charge in [-0.2, -0.15) is 0 Å². The maximum absolute atomic E-state index is 6.18. The number of piperidine rings is 1. The van der Waals surface area contributed by atoms with Crippen molar-refractivity contribution in [2.45, 2.75) is 38.8 Å². The normalized spacial score (nSPS) is 23.5. The summed E-state index contributed by atoms with van der Waals surface area (Å²) in [5, 5.41) is 4.14. The van der Waals surface area contributed by atoms with Crippen molar-refractivity contribution in [2.75, 3.05) is 25.6 Å². The Kier molecular flexibility index (Phi) is 4.58. The van der Waals surface area contributed by atoms with Crippen LogP contribution in [0.1, 0.15) is 25.3 Å². The number of methoxy groups -OCH3 is 1. The Labute approximate surface area is 120 Å². The molecule has 1 aromatic carbocycles. The molecule has 2 unspecified atom stereocenters. The summed E-state index contributed by atoms with van der Waals surface area (Å²) in [5.74, 6) is 0.866. The molecule has 0 aliphatic carbocycles. The fourth-order valence-corrected chi connectivity index (χ4v) is 2.98. The molecule has 4 heteroatoms. The van der Waals surface area contributed by atoms with Crippen LogP contribution in [0.25, 0.3) is 0 Å². The lowest BCUT2D eigenvalue weighted by Crippen LogP contribution is -2.46. The molecule has 1 heterocycles. The summed E-state index contributed by atoms with van der Waals surface area (Å²) in [4.78, 5) is 2.43. The number of hydrogen-bond acceptors (Lipinski definition) is 3. The highest BCUT2D eigenvalue weighted by atomic mass is 35.5. The third-order valence-corrected chi connectivity index (χ3v) is 4.46. The number of benzene rings is 1. The molecule has 0 amide bonds. The van der Waals surface area contributed by atoms with Gasteiger partial charge in [-0.25, -0.2) is 0 Å². The number of ether oxygens (including phenoxy) is 1. The first-order valence-electron chi connectivity index (χ1n) is 6.84. The van der Waals surface area contributed by atoms with Gasteiger partial charge in [-0.15, -0.1) is 0 Å². The zero-order valence-corrected chi connectivity index (χ0v) is 12.9. The summed E-state index contributed by atoms with van der Waals surface area (Å²) in [6.45, 7) is 5.35. The van der Waals surface area contributed by atoms with Gasteiger partial charge in [0.05, 0.1) is 12.8 Å². The van der Waals surface area contributed by atoms with Crippen LogP contribution in [0.2, 0.25) is 5.02 Å². The summed E-state index contributed by atoms with van der Waals surface area (Å²) in [6.07, 6.45) is 2.31. The van der Waals surface area contributed by atoms with E-state index in [0.717, 1.165) is 41.4 Å². The van der Waals surface area contributed by atoms with Crippen molar-refractivity contribution in [3.8, 4) is 5.75 Å². The summed E-state index contributed by atoms with van der Waals surface area (Å²) >= 11 is 6.18. The molecule has 3 nitrogen and oxygen atoms in total. The molecule has 0 saturated carbocycles. The summed E-state index contributed by atoms with van der Waals surface area (Å²) in [5.41, 5.74) is 2.26. The van der Waals surface area contributed by atoms with Crippen molar-refractivity contribution in [3.05, 3.63) is 22.7 Å². The minimum Gasteiger partial charge on any atom is -0.495 e. The van der Waals surface area contributed by atoms with Gasteiger partial charge in [0, 0.05) is 29.7 Å². The summed E-state index contributed by atoms with van der Waals surface area (Å²) in [7, 11) is 3.75. The van der Waals surface area contributed by atoms with Crippen LogP contribution >= 0.6 is 11.6 Å². The highest BCUT2D eigenvalue weighted by Crippen LogP contribution is 2.36. The van der Waals surface area contributed by atoms with Crippen LogP contribution in [-0.2, 0) is 0 Å². The molecule has 0 spiro atoms. The van der Waals surface area contributed by atoms with E-state index >= 15 is 0 Å². The van der Waals surface area contributed by atoms with E-state index in [0.29, 0.717) is 12.1 Å². The number of hydrogen-bond donors (Lipinski definition) is 1. The minimum atomic E-state index is 0.501. The number of anilines is 1. The fraction of sp³-hybridized carbons (Fsp3) is 0.600. The Bertz CT molecular complexity index is 450. The SMILES string of the molecule is CNC1CCN(c2cc(C)c(Cl)cc2OC)C(C)C1. The summed E-state index contributed by atoms with van der Waals surface area (Å²) < 4.78 is 5.49. The Morgan fingerprint density at radius 2 is 2.16 bits per heavy atom. The van der Waals surface area contributed by atoms with Gasteiger partial charge < -0.3 is 15.0 Å². The van der Waals surface area contributed by atoms with Crippen LogP contribution in [0, 0.1) is 6.92 Å². The fourth-order valence-electron chi connectivity index (χ4n) is 2.83. The lowest BCUT2D eigenvalue weighted by atomic mass is 9.97. The zero-order chi connectivity index (χ0) is 14.0. The molecule has 2 rings (SSSR count). The molecule has 1 N–H and O–H groups in total. The highest BCUT2D eigenvalue weighted by Gasteiger charge is 2.26. The van der Waals surface area contributed by atoms with Crippen molar-refractivity contribution in [3.63, 3.8) is 0 Å². The number of aryl methyl sites for hydroxylation is 1. The van der Waals surface area contributed by atoms with E-state index in [2.05, 4.69) is 23.2 Å². The molecular formula is C15H23ClN2O. The second-order valence-electron chi connectivity index (χ2n) is 5.33.